The van der Waals surface area contributed by atoms with Gasteiger partial charge in [0, 0.05) is 26.2 Å². The first-order chi connectivity index (χ1) is 7.68. The lowest BCUT2D eigenvalue weighted by atomic mass is 10.2. The highest BCUT2D eigenvalue weighted by atomic mass is 32.1. The molecule has 0 radical (unpaired) electrons. The zero-order chi connectivity index (χ0) is 11.5. The lowest BCUT2D eigenvalue weighted by Crippen LogP contribution is -2.52. The zero-order valence-electron chi connectivity index (χ0n) is 9.43. The van der Waals surface area contributed by atoms with Crippen LogP contribution in [0.3, 0.4) is 0 Å². The predicted octanol–water partition coefficient (Wildman–Crippen LogP) is 0.744. The van der Waals surface area contributed by atoms with Crippen molar-refractivity contribution < 1.29 is 4.79 Å². The van der Waals surface area contributed by atoms with Crippen LogP contribution in [0.15, 0.2) is 17.5 Å². The molecule has 1 aromatic heterocycles. The fraction of sp³-hybridized carbons (Fsp3) is 0.545. The van der Waals surface area contributed by atoms with E-state index in [0.29, 0.717) is 0 Å². The first-order valence-electron chi connectivity index (χ1n) is 5.51. The maximum atomic E-state index is 11.7. The molecule has 0 unspecified atom stereocenters. The van der Waals surface area contributed by atoms with Gasteiger partial charge in [0.15, 0.2) is 0 Å². The Bertz CT molecular complexity index is 342. The largest absolute Gasteiger partial charge is 0.360 e. The second-order valence-electron chi connectivity index (χ2n) is 4.05. The van der Waals surface area contributed by atoms with Gasteiger partial charge in [-0.2, -0.15) is 0 Å². The summed E-state index contributed by atoms with van der Waals surface area (Å²) in [7, 11) is 0. The third-order valence-electron chi connectivity index (χ3n) is 2.80. The molecule has 0 spiro atoms. The first kappa shape index (κ1) is 11.4. The summed E-state index contributed by atoms with van der Waals surface area (Å²) < 4.78 is 0. The average molecular weight is 239 g/mol. The number of thiophene rings is 1. The molecule has 4 nitrogen and oxygen atoms in total. The van der Waals surface area contributed by atoms with Crippen molar-refractivity contribution in [3.63, 3.8) is 0 Å². The molecule has 0 saturated carbocycles. The molecule has 1 atom stereocenters. The number of anilines is 1. The smallest absolute Gasteiger partial charge is 0.239 e. The van der Waals surface area contributed by atoms with Crippen LogP contribution in [0.2, 0.25) is 0 Å². The Kier molecular flexibility index (Phi) is 3.46. The summed E-state index contributed by atoms with van der Waals surface area (Å²) in [5.41, 5.74) is 5.59. The van der Waals surface area contributed by atoms with Crippen molar-refractivity contribution in [1.29, 1.82) is 0 Å². The number of hydrogen-bond acceptors (Lipinski definition) is 4. The van der Waals surface area contributed by atoms with Crippen molar-refractivity contribution in [3.8, 4) is 0 Å². The van der Waals surface area contributed by atoms with Crippen LogP contribution in [0.5, 0.6) is 0 Å². The van der Waals surface area contributed by atoms with Gasteiger partial charge in [0.05, 0.1) is 11.0 Å². The van der Waals surface area contributed by atoms with Crippen LogP contribution in [0.4, 0.5) is 5.00 Å². The van der Waals surface area contributed by atoms with Gasteiger partial charge < -0.3 is 15.5 Å². The van der Waals surface area contributed by atoms with E-state index in [9.17, 15) is 4.79 Å². The van der Waals surface area contributed by atoms with Gasteiger partial charge >= 0.3 is 0 Å². The van der Waals surface area contributed by atoms with Crippen LogP contribution >= 0.6 is 11.3 Å². The van der Waals surface area contributed by atoms with Crippen LogP contribution in [0, 0.1) is 0 Å². The van der Waals surface area contributed by atoms with Crippen molar-refractivity contribution in [2.45, 2.75) is 13.0 Å². The quantitative estimate of drug-likeness (QED) is 0.828. The van der Waals surface area contributed by atoms with Crippen molar-refractivity contribution in [2.24, 2.45) is 5.73 Å². The van der Waals surface area contributed by atoms with Crippen LogP contribution < -0.4 is 10.6 Å². The predicted molar refractivity (Wildman–Crippen MR) is 66.8 cm³/mol. The van der Waals surface area contributed by atoms with E-state index in [4.69, 9.17) is 5.73 Å². The number of rotatable bonds is 2. The number of piperazine rings is 1. The highest BCUT2D eigenvalue weighted by Crippen LogP contribution is 2.22. The summed E-state index contributed by atoms with van der Waals surface area (Å²) in [5, 5.41) is 3.36. The molecular weight excluding hydrogens is 222 g/mol. The molecule has 5 heteroatoms. The zero-order valence-corrected chi connectivity index (χ0v) is 10.2. The third kappa shape index (κ3) is 2.36. The number of hydrogen-bond donors (Lipinski definition) is 1. The van der Waals surface area contributed by atoms with Gasteiger partial charge in [0.2, 0.25) is 5.91 Å². The average Bonchev–Trinajstić information content (AvgIpc) is 2.81. The number of amides is 1. The molecule has 0 aromatic carbocycles. The molecule has 1 aromatic rings. The molecule has 0 aliphatic carbocycles. The van der Waals surface area contributed by atoms with Gasteiger partial charge in [-0.15, -0.1) is 11.3 Å². The SMILES string of the molecule is C[C@@H](N)C(=O)N1CCN(c2cccs2)CC1. The lowest BCUT2D eigenvalue weighted by Gasteiger charge is -2.36. The summed E-state index contributed by atoms with van der Waals surface area (Å²) in [6, 6.07) is 3.79. The molecule has 1 aliphatic rings. The lowest BCUT2D eigenvalue weighted by molar-refractivity contribution is -0.132. The number of carbonyl (C=O) groups excluding carboxylic acids is 1. The number of carbonyl (C=O) groups is 1. The second kappa shape index (κ2) is 4.84. The van der Waals surface area contributed by atoms with E-state index in [2.05, 4.69) is 22.4 Å². The van der Waals surface area contributed by atoms with E-state index in [1.807, 2.05) is 4.90 Å². The molecule has 0 bridgehead atoms. The Morgan fingerprint density at radius 2 is 2.12 bits per heavy atom. The Morgan fingerprint density at radius 3 is 2.62 bits per heavy atom. The Labute approximate surface area is 99.6 Å². The molecule has 2 heterocycles. The molecule has 1 aliphatic heterocycles. The monoisotopic (exact) mass is 239 g/mol. The molecule has 16 heavy (non-hydrogen) atoms. The summed E-state index contributed by atoms with van der Waals surface area (Å²) in [6.07, 6.45) is 0. The second-order valence-corrected chi connectivity index (χ2v) is 4.98. The maximum Gasteiger partial charge on any atom is 0.239 e. The molecule has 1 saturated heterocycles. The van der Waals surface area contributed by atoms with E-state index in [1.54, 1.807) is 18.3 Å². The van der Waals surface area contributed by atoms with Crippen molar-refractivity contribution in [2.75, 3.05) is 31.1 Å². The van der Waals surface area contributed by atoms with Crippen molar-refractivity contribution in [1.82, 2.24) is 4.90 Å². The highest BCUT2D eigenvalue weighted by molar-refractivity contribution is 7.14. The Balaban J connectivity index is 1.90. The molecule has 2 N–H and O–H groups in total. The first-order valence-corrected chi connectivity index (χ1v) is 6.39. The maximum absolute atomic E-state index is 11.7. The van der Waals surface area contributed by atoms with Gasteiger partial charge in [0.25, 0.3) is 0 Å². The van der Waals surface area contributed by atoms with E-state index >= 15 is 0 Å². The number of nitrogens with zero attached hydrogens (tertiary/aromatic N) is 2. The summed E-state index contributed by atoms with van der Waals surface area (Å²) in [6.45, 7) is 5.10. The third-order valence-corrected chi connectivity index (χ3v) is 3.73. The number of nitrogens with two attached hydrogens (primary N) is 1. The van der Waals surface area contributed by atoms with E-state index < -0.39 is 0 Å². The molecule has 1 fully saturated rings. The van der Waals surface area contributed by atoms with Gasteiger partial charge in [-0.25, -0.2) is 0 Å². The van der Waals surface area contributed by atoms with Crippen LogP contribution in [-0.2, 0) is 4.79 Å². The minimum Gasteiger partial charge on any atom is -0.360 e. The highest BCUT2D eigenvalue weighted by Gasteiger charge is 2.23. The van der Waals surface area contributed by atoms with E-state index in [1.165, 1.54) is 5.00 Å². The Hall–Kier alpha value is -1.07. The molecule has 1 amide bonds. The standard InChI is InChI=1S/C11H17N3OS/c1-9(12)11(15)14-6-4-13(5-7-14)10-3-2-8-16-10/h2-3,8-9H,4-7,12H2,1H3/t9-/m1/s1. The van der Waals surface area contributed by atoms with Gasteiger partial charge in [-0.3, -0.25) is 4.79 Å². The van der Waals surface area contributed by atoms with E-state index in [0.717, 1.165) is 26.2 Å². The topological polar surface area (TPSA) is 49.6 Å². The fourth-order valence-corrected chi connectivity index (χ4v) is 2.67. The summed E-state index contributed by atoms with van der Waals surface area (Å²) in [4.78, 5) is 15.8. The molecular formula is C11H17N3OS. The Morgan fingerprint density at radius 1 is 1.44 bits per heavy atom. The minimum absolute atomic E-state index is 0.0610. The van der Waals surface area contributed by atoms with Gasteiger partial charge in [-0.1, -0.05) is 0 Å². The summed E-state index contributed by atoms with van der Waals surface area (Å²) in [5.74, 6) is 0.0610. The van der Waals surface area contributed by atoms with Crippen molar-refractivity contribution in [3.05, 3.63) is 17.5 Å². The van der Waals surface area contributed by atoms with Crippen LogP contribution in [-0.4, -0.2) is 43.0 Å². The molecule has 2 rings (SSSR count). The van der Waals surface area contributed by atoms with Gasteiger partial charge in [-0.05, 0) is 24.4 Å². The van der Waals surface area contributed by atoms with Crippen molar-refractivity contribution >= 4 is 22.2 Å². The van der Waals surface area contributed by atoms with Crippen LogP contribution in [0.1, 0.15) is 6.92 Å². The normalized spacial score (nSPS) is 18.6. The van der Waals surface area contributed by atoms with E-state index in [-0.39, 0.29) is 11.9 Å². The molecule has 88 valence electrons. The summed E-state index contributed by atoms with van der Waals surface area (Å²) >= 11 is 1.74. The van der Waals surface area contributed by atoms with Gasteiger partial charge in [0.1, 0.15) is 0 Å². The van der Waals surface area contributed by atoms with Crippen LogP contribution in [0.25, 0.3) is 0 Å². The fourth-order valence-electron chi connectivity index (χ4n) is 1.89. The minimum atomic E-state index is -0.381.